The van der Waals surface area contributed by atoms with Crippen LogP contribution in [0.15, 0.2) is 11.6 Å². The predicted molar refractivity (Wildman–Crippen MR) is 133 cm³/mol. The van der Waals surface area contributed by atoms with Gasteiger partial charge in [-0.2, -0.15) is 0 Å². The van der Waals surface area contributed by atoms with Crippen molar-refractivity contribution in [1.82, 2.24) is 0 Å². The van der Waals surface area contributed by atoms with Gasteiger partial charge in [0, 0.05) is 25.7 Å². The van der Waals surface area contributed by atoms with E-state index in [4.69, 9.17) is 14.2 Å². The minimum absolute atomic E-state index is 0.0424. The van der Waals surface area contributed by atoms with Crippen molar-refractivity contribution in [1.29, 1.82) is 0 Å². The van der Waals surface area contributed by atoms with Crippen molar-refractivity contribution in [2.75, 3.05) is 0 Å². The predicted octanol–water partition coefficient (Wildman–Crippen LogP) is 5.79. The standard InChI is InChI=1S/C30H46O5/c1-17-16-30(35-26(17,3)4)29(7,32)25-24(34-30)15-23-21-9-8-19-14-20(33-18(2)31)10-12-27(19,5)22(21)11-13-28(23,25)6/h8,17,20-25,32H,9-16H2,1-7H3/t17-,20-,21+,22+,23-,24-,25-,27-,28-,29+,30-/m0/s1. The Hall–Kier alpha value is -0.910. The molecule has 3 saturated carbocycles. The van der Waals surface area contributed by atoms with Gasteiger partial charge in [0.15, 0.2) is 5.79 Å². The van der Waals surface area contributed by atoms with E-state index in [1.165, 1.54) is 18.9 Å². The van der Waals surface area contributed by atoms with E-state index in [-0.39, 0.29) is 40.5 Å². The zero-order valence-electron chi connectivity index (χ0n) is 22.9. The van der Waals surface area contributed by atoms with Crippen LogP contribution in [0.5, 0.6) is 0 Å². The van der Waals surface area contributed by atoms with Crippen molar-refractivity contribution < 1.29 is 24.1 Å². The lowest BCUT2D eigenvalue weighted by Gasteiger charge is -2.59. The van der Waals surface area contributed by atoms with E-state index in [9.17, 15) is 9.90 Å². The maximum absolute atomic E-state index is 12.2. The Morgan fingerprint density at radius 2 is 1.86 bits per heavy atom. The van der Waals surface area contributed by atoms with Crippen LogP contribution in [0.4, 0.5) is 0 Å². The monoisotopic (exact) mass is 486 g/mol. The fourth-order valence-electron chi connectivity index (χ4n) is 10.3. The first kappa shape index (κ1) is 24.4. The van der Waals surface area contributed by atoms with Gasteiger partial charge < -0.3 is 19.3 Å². The summed E-state index contributed by atoms with van der Waals surface area (Å²) in [6, 6.07) is 0. The van der Waals surface area contributed by atoms with E-state index < -0.39 is 11.4 Å². The van der Waals surface area contributed by atoms with Crippen LogP contribution in [0.25, 0.3) is 0 Å². The summed E-state index contributed by atoms with van der Waals surface area (Å²) < 4.78 is 19.0. The average molecular weight is 487 g/mol. The first-order valence-corrected chi connectivity index (χ1v) is 14.2. The van der Waals surface area contributed by atoms with Gasteiger partial charge in [-0.25, -0.2) is 0 Å². The fraction of sp³-hybridized carbons (Fsp3) is 0.900. The first-order valence-electron chi connectivity index (χ1n) is 14.2. The number of allylic oxidation sites excluding steroid dienone is 1. The zero-order chi connectivity index (χ0) is 25.2. The molecule has 0 aromatic rings. The van der Waals surface area contributed by atoms with Crippen molar-refractivity contribution >= 4 is 5.97 Å². The highest BCUT2D eigenvalue weighted by Crippen LogP contribution is 2.72. The number of rotatable bonds is 1. The number of aliphatic hydroxyl groups is 1. The molecular formula is C30H46O5. The van der Waals surface area contributed by atoms with Gasteiger partial charge in [-0.3, -0.25) is 4.79 Å². The molecule has 2 heterocycles. The SMILES string of the molecule is CC(=O)O[C@H]1CC[C@@]2(C)C(=CC[C@@H]3[C@H]2CC[C@@]2(C)[C@H]3C[C@@H]3O[C@]4(C[C@H](C)C(C)(C)O4)[C@](C)(O)[C@@H]32)C1. The van der Waals surface area contributed by atoms with Crippen molar-refractivity contribution in [3.05, 3.63) is 11.6 Å². The summed E-state index contributed by atoms with van der Waals surface area (Å²) in [6.07, 6.45) is 10.8. The number of hydrogen-bond donors (Lipinski definition) is 1. The summed E-state index contributed by atoms with van der Waals surface area (Å²) in [6.45, 7) is 15.0. The largest absolute Gasteiger partial charge is 0.462 e. The van der Waals surface area contributed by atoms with Crippen LogP contribution in [-0.4, -0.2) is 40.3 Å². The Kier molecular flexibility index (Phi) is 5.13. The van der Waals surface area contributed by atoms with E-state index in [0.29, 0.717) is 23.7 Å². The lowest BCUT2D eigenvalue weighted by Crippen LogP contribution is -2.58. The van der Waals surface area contributed by atoms with Gasteiger partial charge in [-0.15, -0.1) is 0 Å². The van der Waals surface area contributed by atoms with E-state index in [1.807, 2.05) is 6.92 Å². The van der Waals surface area contributed by atoms with E-state index in [2.05, 4.69) is 40.7 Å². The molecule has 2 saturated heterocycles. The highest BCUT2D eigenvalue weighted by atomic mass is 16.7. The molecule has 6 aliphatic rings. The second-order valence-electron chi connectivity index (χ2n) is 14.4. The van der Waals surface area contributed by atoms with E-state index >= 15 is 0 Å². The van der Waals surface area contributed by atoms with Crippen LogP contribution in [0.1, 0.15) is 99.8 Å². The van der Waals surface area contributed by atoms with Gasteiger partial charge in [-0.05, 0) is 93.8 Å². The van der Waals surface area contributed by atoms with Gasteiger partial charge in [0.25, 0.3) is 0 Å². The van der Waals surface area contributed by atoms with Crippen LogP contribution in [-0.2, 0) is 19.0 Å². The minimum Gasteiger partial charge on any atom is -0.462 e. The molecule has 5 fully saturated rings. The molecule has 35 heavy (non-hydrogen) atoms. The maximum atomic E-state index is 12.2. The third-order valence-corrected chi connectivity index (χ3v) is 12.3. The number of carbonyl (C=O) groups excluding carboxylic acids is 1. The summed E-state index contributed by atoms with van der Waals surface area (Å²) >= 11 is 0. The average Bonchev–Trinajstić information content (AvgIpc) is 3.25. The highest BCUT2D eigenvalue weighted by molar-refractivity contribution is 5.66. The number of ether oxygens (including phenoxy) is 3. The Balaban J connectivity index is 1.28. The van der Waals surface area contributed by atoms with Gasteiger partial charge in [0.05, 0.1) is 11.7 Å². The molecule has 4 aliphatic carbocycles. The second-order valence-corrected chi connectivity index (χ2v) is 14.4. The Bertz CT molecular complexity index is 952. The number of esters is 1. The maximum Gasteiger partial charge on any atom is 0.302 e. The number of hydrogen-bond acceptors (Lipinski definition) is 5. The van der Waals surface area contributed by atoms with Gasteiger partial charge >= 0.3 is 5.97 Å². The molecule has 0 aromatic heterocycles. The molecule has 2 aliphatic heterocycles. The molecule has 0 amide bonds. The Morgan fingerprint density at radius 1 is 1.11 bits per heavy atom. The van der Waals surface area contributed by atoms with E-state index in [0.717, 1.165) is 44.9 Å². The quantitative estimate of drug-likeness (QED) is 0.375. The summed E-state index contributed by atoms with van der Waals surface area (Å²) in [5.74, 6) is 1.28. The smallest absolute Gasteiger partial charge is 0.302 e. The van der Waals surface area contributed by atoms with Gasteiger partial charge in [0.2, 0.25) is 0 Å². The lowest BCUT2D eigenvalue weighted by atomic mass is 9.46. The second kappa shape index (κ2) is 7.35. The molecule has 0 bridgehead atoms. The van der Waals surface area contributed by atoms with Crippen molar-refractivity contribution in [3.8, 4) is 0 Å². The molecule has 1 spiro atoms. The molecule has 6 rings (SSSR count). The lowest BCUT2D eigenvalue weighted by molar-refractivity contribution is -0.298. The summed E-state index contributed by atoms with van der Waals surface area (Å²) in [5, 5.41) is 12.2. The van der Waals surface area contributed by atoms with Gasteiger partial charge in [-0.1, -0.05) is 32.4 Å². The topological polar surface area (TPSA) is 65.0 Å². The normalized spacial score (nSPS) is 56.1. The minimum atomic E-state index is -0.988. The third kappa shape index (κ3) is 3.13. The van der Waals surface area contributed by atoms with Crippen LogP contribution in [0.2, 0.25) is 0 Å². The van der Waals surface area contributed by atoms with Crippen molar-refractivity contribution in [3.63, 3.8) is 0 Å². The molecule has 5 heteroatoms. The third-order valence-electron chi connectivity index (χ3n) is 12.3. The van der Waals surface area contributed by atoms with Crippen molar-refractivity contribution in [2.24, 2.45) is 40.4 Å². The summed E-state index contributed by atoms with van der Waals surface area (Å²) in [7, 11) is 0. The molecule has 196 valence electrons. The molecular weight excluding hydrogens is 440 g/mol. The zero-order valence-corrected chi connectivity index (χ0v) is 22.9. The molecule has 0 unspecified atom stereocenters. The molecule has 1 N–H and O–H groups in total. The summed E-state index contributed by atoms with van der Waals surface area (Å²) in [5.41, 5.74) is 0.518. The van der Waals surface area contributed by atoms with E-state index in [1.54, 1.807) is 0 Å². The van der Waals surface area contributed by atoms with Crippen molar-refractivity contribution in [2.45, 2.75) is 129 Å². The number of carbonyl (C=O) groups is 1. The molecule has 0 radical (unpaired) electrons. The highest BCUT2D eigenvalue weighted by Gasteiger charge is 2.76. The Labute approximate surface area is 211 Å². The molecule has 0 aromatic carbocycles. The molecule has 11 atom stereocenters. The number of fused-ring (bicyclic) bond motifs is 7. The van der Waals surface area contributed by atoms with Crippen LogP contribution >= 0.6 is 0 Å². The summed E-state index contributed by atoms with van der Waals surface area (Å²) in [4.78, 5) is 11.6. The fourth-order valence-corrected chi connectivity index (χ4v) is 10.3. The van der Waals surface area contributed by atoms with Crippen LogP contribution in [0.3, 0.4) is 0 Å². The van der Waals surface area contributed by atoms with Crippen LogP contribution in [0, 0.1) is 40.4 Å². The van der Waals surface area contributed by atoms with Gasteiger partial charge in [0.1, 0.15) is 11.7 Å². The van der Waals surface area contributed by atoms with Crippen LogP contribution < -0.4 is 0 Å². The Morgan fingerprint density at radius 3 is 2.51 bits per heavy atom. The first-order chi connectivity index (χ1) is 16.2. The molecule has 5 nitrogen and oxygen atoms in total.